The molecule has 0 spiro atoms. The Balaban J connectivity index is 1.71. The molecule has 0 radical (unpaired) electrons. The maximum atomic E-state index is 11.9. The molecule has 1 heterocycles. The Morgan fingerprint density at radius 3 is 2.70 bits per heavy atom. The van der Waals surface area contributed by atoms with E-state index < -0.39 is 0 Å². The summed E-state index contributed by atoms with van der Waals surface area (Å²) < 4.78 is 10.3. The molecule has 0 bridgehead atoms. The monoisotopic (exact) mass is 278 g/mol. The molecule has 0 saturated carbocycles. The lowest BCUT2D eigenvalue weighted by molar-refractivity contribution is -0.122. The van der Waals surface area contributed by atoms with Crippen LogP contribution in [0.4, 0.5) is 0 Å². The number of ether oxygens (including phenoxy) is 2. The Bertz CT molecular complexity index is 433. The first kappa shape index (κ1) is 14.8. The predicted molar refractivity (Wildman–Crippen MR) is 76.9 cm³/mol. The minimum Gasteiger partial charge on any atom is -0.497 e. The molecule has 2 atom stereocenters. The predicted octanol–water partition coefficient (Wildman–Crippen LogP) is 0.731. The SMILES string of the molecule is COc1ccc(CCNC(=O)C2CC(OC)CN2)cc1. The minimum atomic E-state index is -0.129. The summed E-state index contributed by atoms with van der Waals surface area (Å²) in [4.78, 5) is 11.9. The van der Waals surface area contributed by atoms with Gasteiger partial charge in [-0.3, -0.25) is 4.79 Å². The molecule has 1 saturated heterocycles. The highest BCUT2D eigenvalue weighted by atomic mass is 16.5. The third-order valence-electron chi connectivity index (χ3n) is 3.61. The summed E-state index contributed by atoms with van der Waals surface area (Å²) in [5, 5.41) is 6.13. The van der Waals surface area contributed by atoms with Crippen LogP contribution in [0.5, 0.6) is 5.75 Å². The lowest BCUT2D eigenvalue weighted by Gasteiger charge is -2.11. The summed E-state index contributed by atoms with van der Waals surface area (Å²) in [7, 11) is 3.33. The van der Waals surface area contributed by atoms with Gasteiger partial charge in [-0.05, 0) is 30.5 Å². The molecule has 1 aromatic rings. The molecule has 2 N–H and O–H groups in total. The Labute approximate surface area is 119 Å². The number of amides is 1. The number of hydrogen-bond acceptors (Lipinski definition) is 4. The molecule has 20 heavy (non-hydrogen) atoms. The van der Waals surface area contributed by atoms with Gasteiger partial charge in [0.2, 0.25) is 5.91 Å². The van der Waals surface area contributed by atoms with E-state index in [1.54, 1.807) is 14.2 Å². The van der Waals surface area contributed by atoms with E-state index >= 15 is 0 Å². The molecular formula is C15H22N2O3. The van der Waals surface area contributed by atoms with Gasteiger partial charge in [0, 0.05) is 20.2 Å². The van der Waals surface area contributed by atoms with E-state index in [1.807, 2.05) is 24.3 Å². The minimum absolute atomic E-state index is 0.0538. The average molecular weight is 278 g/mol. The van der Waals surface area contributed by atoms with Gasteiger partial charge in [0.25, 0.3) is 0 Å². The van der Waals surface area contributed by atoms with E-state index in [0.29, 0.717) is 6.54 Å². The molecule has 1 amide bonds. The van der Waals surface area contributed by atoms with Crippen LogP contribution < -0.4 is 15.4 Å². The largest absolute Gasteiger partial charge is 0.497 e. The van der Waals surface area contributed by atoms with Crippen LogP contribution in [0.15, 0.2) is 24.3 Å². The quantitative estimate of drug-likeness (QED) is 0.805. The van der Waals surface area contributed by atoms with Crippen molar-refractivity contribution in [1.82, 2.24) is 10.6 Å². The molecule has 5 nitrogen and oxygen atoms in total. The van der Waals surface area contributed by atoms with Crippen LogP contribution in [-0.2, 0) is 16.0 Å². The third kappa shape index (κ3) is 3.95. The molecule has 0 aromatic heterocycles. The van der Waals surface area contributed by atoms with Crippen LogP contribution in [-0.4, -0.2) is 45.4 Å². The van der Waals surface area contributed by atoms with Crippen molar-refractivity contribution in [3.05, 3.63) is 29.8 Å². The van der Waals surface area contributed by atoms with Crippen molar-refractivity contribution >= 4 is 5.91 Å². The second-order valence-electron chi connectivity index (χ2n) is 4.94. The van der Waals surface area contributed by atoms with Gasteiger partial charge in [-0.2, -0.15) is 0 Å². The van der Waals surface area contributed by atoms with E-state index in [9.17, 15) is 4.79 Å². The van der Waals surface area contributed by atoms with Crippen molar-refractivity contribution in [2.45, 2.75) is 25.0 Å². The molecule has 5 heteroatoms. The highest BCUT2D eigenvalue weighted by Crippen LogP contribution is 2.12. The van der Waals surface area contributed by atoms with Crippen molar-refractivity contribution in [1.29, 1.82) is 0 Å². The van der Waals surface area contributed by atoms with Crippen LogP contribution >= 0.6 is 0 Å². The Kier molecular flexibility index (Phi) is 5.38. The van der Waals surface area contributed by atoms with E-state index in [1.165, 1.54) is 5.56 Å². The van der Waals surface area contributed by atoms with Crippen molar-refractivity contribution in [3.63, 3.8) is 0 Å². The molecule has 2 rings (SSSR count). The fourth-order valence-electron chi connectivity index (χ4n) is 2.33. The first-order chi connectivity index (χ1) is 9.72. The number of hydrogen-bond donors (Lipinski definition) is 2. The highest BCUT2D eigenvalue weighted by Gasteiger charge is 2.28. The first-order valence-corrected chi connectivity index (χ1v) is 6.89. The van der Waals surface area contributed by atoms with Crippen molar-refractivity contribution in [2.75, 3.05) is 27.3 Å². The van der Waals surface area contributed by atoms with Crippen LogP contribution in [0.25, 0.3) is 0 Å². The maximum absolute atomic E-state index is 11.9. The second-order valence-corrected chi connectivity index (χ2v) is 4.94. The summed E-state index contributed by atoms with van der Waals surface area (Å²) in [6.07, 6.45) is 1.70. The van der Waals surface area contributed by atoms with Gasteiger partial charge in [0.15, 0.2) is 0 Å². The molecule has 1 aliphatic rings. The summed E-state index contributed by atoms with van der Waals surface area (Å²) in [5.74, 6) is 0.900. The molecule has 1 aliphatic heterocycles. The zero-order chi connectivity index (χ0) is 14.4. The van der Waals surface area contributed by atoms with Crippen LogP contribution in [0, 0.1) is 0 Å². The standard InChI is InChI=1S/C15H22N2O3/c1-19-12-5-3-11(4-6-12)7-8-16-15(18)14-9-13(20-2)10-17-14/h3-6,13-14,17H,7-10H2,1-2H3,(H,16,18). The zero-order valence-electron chi connectivity index (χ0n) is 12.0. The normalized spacial score (nSPS) is 21.7. The molecule has 2 unspecified atom stereocenters. The summed E-state index contributed by atoms with van der Waals surface area (Å²) in [6.45, 7) is 1.38. The zero-order valence-corrected chi connectivity index (χ0v) is 12.0. The summed E-state index contributed by atoms with van der Waals surface area (Å²) >= 11 is 0. The second kappa shape index (κ2) is 7.26. The van der Waals surface area contributed by atoms with Gasteiger partial charge >= 0.3 is 0 Å². The number of carbonyl (C=O) groups excluding carboxylic acids is 1. The van der Waals surface area contributed by atoms with Crippen molar-refractivity contribution in [2.24, 2.45) is 0 Å². The average Bonchev–Trinajstić information content (AvgIpc) is 2.97. The van der Waals surface area contributed by atoms with E-state index in [2.05, 4.69) is 10.6 Å². The van der Waals surface area contributed by atoms with Gasteiger partial charge in [-0.15, -0.1) is 0 Å². The number of methoxy groups -OCH3 is 2. The van der Waals surface area contributed by atoms with Gasteiger partial charge in [0.05, 0.1) is 19.3 Å². The fourth-order valence-corrected chi connectivity index (χ4v) is 2.33. The molecular weight excluding hydrogens is 256 g/mol. The van der Waals surface area contributed by atoms with Crippen molar-refractivity contribution in [3.8, 4) is 5.75 Å². The lowest BCUT2D eigenvalue weighted by atomic mass is 10.1. The van der Waals surface area contributed by atoms with Crippen LogP contribution in [0.2, 0.25) is 0 Å². The Hall–Kier alpha value is -1.59. The fraction of sp³-hybridized carbons (Fsp3) is 0.533. The summed E-state index contributed by atoms with van der Waals surface area (Å²) in [5.41, 5.74) is 1.18. The Morgan fingerprint density at radius 2 is 2.10 bits per heavy atom. The van der Waals surface area contributed by atoms with Crippen LogP contribution in [0.3, 0.4) is 0 Å². The number of carbonyl (C=O) groups is 1. The smallest absolute Gasteiger partial charge is 0.237 e. The Morgan fingerprint density at radius 1 is 1.35 bits per heavy atom. The molecule has 0 aliphatic carbocycles. The van der Waals surface area contributed by atoms with Gasteiger partial charge < -0.3 is 20.1 Å². The molecule has 1 aromatic carbocycles. The number of benzene rings is 1. The van der Waals surface area contributed by atoms with Gasteiger partial charge in [-0.1, -0.05) is 12.1 Å². The number of nitrogens with one attached hydrogen (secondary N) is 2. The van der Waals surface area contributed by atoms with Gasteiger partial charge in [-0.25, -0.2) is 0 Å². The topological polar surface area (TPSA) is 59.6 Å². The van der Waals surface area contributed by atoms with Crippen molar-refractivity contribution < 1.29 is 14.3 Å². The van der Waals surface area contributed by atoms with Crippen LogP contribution in [0.1, 0.15) is 12.0 Å². The third-order valence-corrected chi connectivity index (χ3v) is 3.61. The number of rotatable bonds is 6. The summed E-state index contributed by atoms with van der Waals surface area (Å²) in [6, 6.07) is 7.76. The highest BCUT2D eigenvalue weighted by molar-refractivity contribution is 5.82. The molecule has 1 fully saturated rings. The van der Waals surface area contributed by atoms with E-state index in [-0.39, 0.29) is 18.1 Å². The molecule has 110 valence electrons. The van der Waals surface area contributed by atoms with Gasteiger partial charge in [0.1, 0.15) is 5.75 Å². The van der Waals surface area contributed by atoms with E-state index in [0.717, 1.165) is 25.1 Å². The maximum Gasteiger partial charge on any atom is 0.237 e. The van der Waals surface area contributed by atoms with E-state index in [4.69, 9.17) is 9.47 Å². The first-order valence-electron chi connectivity index (χ1n) is 6.89. The lowest BCUT2D eigenvalue weighted by Crippen LogP contribution is -2.41.